The van der Waals surface area contributed by atoms with Crippen molar-refractivity contribution in [2.45, 2.75) is 0 Å². The maximum Gasteiger partial charge on any atom is 0.162 e. The lowest BCUT2D eigenvalue weighted by atomic mass is 10.2. The Balaban J connectivity index is 2.12. The van der Waals surface area contributed by atoms with Crippen molar-refractivity contribution in [2.75, 3.05) is 45.4 Å². The largest absolute Gasteiger partial charge is 0.493 e. The highest BCUT2D eigenvalue weighted by Gasteiger charge is 2.17. The van der Waals surface area contributed by atoms with Gasteiger partial charge in [0.15, 0.2) is 11.5 Å². The summed E-state index contributed by atoms with van der Waals surface area (Å²) in [6.45, 7) is 3.11. The maximum atomic E-state index is 5.38. The second kappa shape index (κ2) is 5.50. The van der Waals surface area contributed by atoms with E-state index in [0.29, 0.717) is 11.5 Å². The first-order valence-electron chi connectivity index (χ1n) is 6.53. The van der Waals surface area contributed by atoms with Crippen LogP contribution in [0.4, 0.5) is 5.82 Å². The molecule has 3 rings (SSSR count). The number of hydrogen-bond donors (Lipinski definition) is 0. The van der Waals surface area contributed by atoms with Crippen molar-refractivity contribution in [1.82, 2.24) is 9.97 Å². The monoisotopic (exact) mass is 275 g/mol. The predicted molar refractivity (Wildman–Crippen MR) is 75.7 cm³/mol. The highest BCUT2D eigenvalue weighted by Crippen LogP contribution is 2.34. The Kier molecular flexibility index (Phi) is 3.56. The third-order valence-corrected chi connectivity index (χ3v) is 3.43. The second-order valence-corrected chi connectivity index (χ2v) is 4.52. The van der Waals surface area contributed by atoms with Gasteiger partial charge in [-0.3, -0.25) is 0 Å². The van der Waals surface area contributed by atoms with E-state index in [9.17, 15) is 0 Å². The minimum atomic E-state index is 0.673. The molecule has 6 heteroatoms. The van der Waals surface area contributed by atoms with Gasteiger partial charge in [-0.05, 0) is 6.07 Å². The highest BCUT2D eigenvalue weighted by molar-refractivity contribution is 5.92. The van der Waals surface area contributed by atoms with Crippen molar-refractivity contribution in [3.05, 3.63) is 18.5 Å². The summed E-state index contributed by atoms with van der Waals surface area (Å²) in [4.78, 5) is 10.9. The van der Waals surface area contributed by atoms with E-state index < -0.39 is 0 Å². The van der Waals surface area contributed by atoms with E-state index in [1.165, 1.54) is 0 Å². The van der Waals surface area contributed by atoms with Crippen LogP contribution in [0.15, 0.2) is 18.5 Å². The van der Waals surface area contributed by atoms with Gasteiger partial charge >= 0.3 is 0 Å². The fraction of sp³-hybridized carbons (Fsp3) is 0.429. The molecule has 0 saturated carbocycles. The van der Waals surface area contributed by atoms with E-state index in [-0.39, 0.29) is 0 Å². The Hall–Kier alpha value is -2.08. The molecule has 1 aromatic carbocycles. The molecule has 1 fully saturated rings. The third-order valence-electron chi connectivity index (χ3n) is 3.43. The average molecular weight is 275 g/mol. The molecular formula is C14H17N3O3. The summed E-state index contributed by atoms with van der Waals surface area (Å²) in [6.07, 6.45) is 1.58. The van der Waals surface area contributed by atoms with Crippen LogP contribution in [0.25, 0.3) is 10.9 Å². The molecule has 0 unspecified atom stereocenters. The van der Waals surface area contributed by atoms with Crippen LogP contribution in [0, 0.1) is 0 Å². The van der Waals surface area contributed by atoms with Gasteiger partial charge in [0.05, 0.1) is 33.0 Å². The molecule has 1 saturated heterocycles. The van der Waals surface area contributed by atoms with E-state index in [1.807, 2.05) is 12.1 Å². The van der Waals surface area contributed by atoms with Crippen LogP contribution in [-0.2, 0) is 4.74 Å². The van der Waals surface area contributed by atoms with Gasteiger partial charge in [0, 0.05) is 24.5 Å². The van der Waals surface area contributed by atoms with Crippen LogP contribution in [-0.4, -0.2) is 50.5 Å². The Bertz CT molecular complexity index is 612. The van der Waals surface area contributed by atoms with Crippen LogP contribution < -0.4 is 14.4 Å². The zero-order chi connectivity index (χ0) is 13.9. The SMILES string of the molecule is COc1cc2ncnc(N3CCOCC3)c2cc1OC. The van der Waals surface area contributed by atoms with Crippen LogP contribution in [0.3, 0.4) is 0 Å². The van der Waals surface area contributed by atoms with Gasteiger partial charge in [0.1, 0.15) is 12.1 Å². The standard InChI is InChI=1S/C14H17N3O3/c1-18-12-7-10-11(8-13(12)19-2)15-9-16-14(10)17-3-5-20-6-4-17/h7-9H,3-6H2,1-2H3. The number of rotatable bonds is 3. The van der Waals surface area contributed by atoms with Gasteiger partial charge in [-0.1, -0.05) is 0 Å². The van der Waals surface area contributed by atoms with Crippen LogP contribution in [0.5, 0.6) is 11.5 Å². The fourth-order valence-corrected chi connectivity index (χ4v) is 2.40. The number of nitrogens with zero attached hydrogens (tertiary/aromatic N) is 3. The zero-order valence-corrected chi connectivity index (χ0v) is 11.6. The van der Waals surface area contributed by atoms with Gasteiger partial charge < -0.3 is 19.1 Å². The Morgan fingerprint density at radius 1 is 1.05 bits per heavy atom. The van der Waals surface area contributed by atoms with Crippen molar-refractivity contribution >= 4 is 16.7 Å². The van der Waals surface area contributed by atoms with Crippen LogP contribution >= 0.6 is 0 Å². The molecule has 0 spiro atoms. The number of ether oxygens (including phenoxy) is 3. The lowest BCUT2D eigenvalue weighted by Crippen LogP contribution is -2.36. The molecule has 6 nitrogen and oxygen atoms in total. The Morgan fingerprint density at radius 2 is 1.75 bits per heavy atom. The molecule has 2 aromatic rings. The normalized spacial score (nSPS) is 15.4. The smallest absolute Gasteiger partial charge is 0.162 e. The van der Waals surface area contributed by atoms with Gasteiger partial charge in [0.2, 0.25) is 0 Å². The molecule has 106 valence electrons. The Labute approximate surface area is 117 Å². The first-order chi connectivity index (χ1) is 9.83. The number of hydrogen-bond acceptors (Lipinski definition) is 6. The van der Waals surface area contributed by atoms with Crippen molar-refractivity contribution in [2.24, 2.45) is 0 Å². The molecule has 1 aliphatic rings. The first kappa shape index (κ1) is 12.9. The molecule has 0 radical (unpaired) electrons. The summed E-state index contributed by atoms with van der Waals surface area (Å²) in [5.74, 6) is 2.27. The fourth-order valence-electron chi connectivity index (χ4n) is 2.40. The summed E-state index contributed by atoms with van der Waals surface area (Å²) < 4.78 is 16.1. The molecule has 1 aliphatic heterocycles. The van der Waals surface area contributed by atoms with E-state index in [2.05, 4.69) is 14.9 Å². The summed E-state index contributed by atoms with van der Waals surface area (Å²) in [7, 11) is 3.25. The van der Waals surface area contributed by atoms with E-state index in [0.717, 1.165) is 43.0 Å². The van der Waals surface area contributed by atoms with E-state index in [1.54, 1.807) is 20.5 Å². The van der Waals surface area contributed by atoms with Gasteiger partial charge in [-0.15, -0.1) is 0 Å². The molecule has 1 aromatic heterocycles. The summed E-state index contributed by atoms with van der Waals surface area (Å²) in [5, 5.41) is 0.965. The highest BCUT2D eigenvalue weighted by atomic mass is 16.5. The topological polar surface area (TPSA) is 56.7 Å². The van der Waals surface area contributed by atoms with Gasteiger partial charge in [0.25, 0.3) is 0 Å². The third kappa shape index (κ3) is 2.22. The van der Waals surface area contributed by atoms with Crippen LogP contribution in [0.2, 0.25) is 0 Å². The average Bonchev–Trinajstić information content (AvgIpc) is 2.53. The van der Waals surface area contributed by atoms with Crippen molar-refractivity contribution < 1.29 is 14.2 Å². The van der Waals surface area contributed by atoms with E-state index >= 15 is 0 Å². The number of fused-ring (bicyclic) bond motifs is 1. The molecule has 0 amide bonds. The molecule has 20 heavy (non-hydrogen) atoms. The zero-order valence-electron chi connectivity index (χ0n) is 11.6. The molecule has 0 atom stereocenters. The molecular weight excluding hydrogens is 258 g/mol. The van der Waals surface area contributed by atoms with Crippen molar-refractivity contribution in [3.63, 3.8) is 0 Å². The predicted octanol–water partition coefficient (Wildman–Crippen LogP) is 1.48. The summed E-state index contributed by atoms with van der Waals surface area (Å²) in [5.41, 5.74) is 0.846. The van der Waals surface area contributed by atoms with Crippen molar-refractivity contribution in [3.8, 4) is 11.5 Å². The molecule has 2 heterocycles. The molecule has 0 N–H and O–H groups in total. The number of anilines is 1. The molecule has 0 aliphatic carbocycles. The van der Waals surface area contributed by atoms with Crippen molar-refractivity contribution in [1.29, 1.82) is 0 Å². The van der Waals surface area contributed by atoms with E-state index in [4.69, 9.17) is 14.2 Å². The van der Waals surface area contributed by atoms with Gasteiger partial charge in [-0.2, -0.15) is 0 Å². The number of morpholine rings is 1. The molecule has 0 bridgehead atoms. The first-order valence-corrected chi connectivity index (χ1v) is 6.53. The lowest BCUT2D eigenvalue weighted by Gasteiger charge is -2.28. The number of methoxy groups -OCH3 is 2. The minimum absolute atomic E-state index is 0.673. The second-order valence-electron chi connectivity index (χ2n) is 4.52. The maximum absolute atomic E-state index is 5.38. The van der Waals surface area contributed by atoms with Crippen LogP contribution in [0.1, 0.15) is 0 Å². The summed E-state index contributed by atoms with van der Waals surface area (Å²) >= 11 is 0. The number of aromatic nitrogens is 2. The quantitative estimate of drug-likeness (QED) is 0.845. The summed E-state index contributed by atoms with van der Waals surface area (Å²) in [6, 6.07) is 3.80. The Morgan fingerprint density at radius 3 is 2.45 bits per heavy atom. The number of benzene rings is 1. The minimum Gasteiger partial charge on any atom is -0.493 e. The lowest BCUT2D eigenvalue weighted by molar-refractivity contribution is 0.122. The van der Waals surface area contributed by atoms with Gasteiger partial charge in [-0.25, -0.2) is 9.97 Å².